The Hall–Kier alpha value is -3.20. The minimum absolute atomic E-state index is 0.0540. The number of carbonyl (C=O) groups is 2. The quantitative estimate of drug-likeness (QED) is 0.681. The molecular weight excluding hydrogens is 362 g/mol. The van der Waals surface area contributed by atoms with Gasteiger partial charge in [-0.1, -0.05) is 12.1 Å². The van der Waals surface area contributed by atoms with Crippen LogP contribution in [0.25, 0.3) is 11.0 Å². The molecule has 0 spiro atoms. The molecule has 1 aliphatic heterocycles. The number of amides is 1. The van der Waals surface area contributed by atoms with Crippen molar-refractivity contribution in [3.05, 3.63) is 47.5 Å². The molecule has 1 unspecified atom stereocenters. The molecule has 1 aromatic carbocycles. The van der Waals surface area contributed by atoms with Crippen LogP contribution in [-0.2, 0) is 24.3 Å². The van der Waals surface area contributed by atoms with Gasteiger partial charge in [-0.15, -0.1) is 0 Å². The minimum atomic E-state index is -1.13. The van der Waals surface area contributed by atoms with E-state index in [4.69, 9.17) is 0 Å². The van der Waals surface area contributed by atoms with Crippen molar-refractivity contribution in [3.63, 3.8) is 0 Å². The third-order valence-electron chi connectivity index (χ3n) is 5.22. The molecule has 0 saturated heterocycles. The van der Waals surface area contributed by atoms with E-state index in [1.165, 1.54) is 4.68 Å². The zero-order valence-corrected chi connectivity index (χ0v) is 15.4. The van der Waals surface area contributed by atoms with Crippen molar-refractivity contribution in [3.8, 4) is 0 Å². The summed E-state index contributed by atoms with van der Waals surface area (Å²) in [6.07, 6.45) is 2.16. The fourth-order valence-electron chi connectivity index (χ4n) is 3.80. The first kappa shape index (κ1) is 18.2. The van der Waals surface area contributed by atoms with Crippen LogP contribution in [0.4, 0.5) is 0 Å². The van der Waals surface area contributed by atoms with Crippen LogP contribution < -0.4 is 0 Å². The average Bonchev–Trinajstić information content (AvgIpc) is 3.29. The van der Waals surface area contributed by atoms with Crippen molar-refractivity contribution in [2.45, 2.75) is 32.5 Å². The van der Waals surface area contributed by atoms with Crippen molar-refractivity contribution in [1.29, 1.82) is 0 Å². The van der Waals surface area contributed by atoms with Crippen molar-refractivity contribution < 1.29 is 19.8 Å². The largest absolute Gasteiger partial charge is 0.476 e. The van der Waals surface area contributed by atoms with Crippen molar-refractivity contribution in [2.75, 3.05) is 13.2 Å². The average molecular weight is 383 g/mol. The standard InChI is InChI=1S/C19H21N5O4/c1-12(23-11-20-14-4-2-3-5-16(14)23)18(26)22-7-6-15-13(10-22)17(19(27)28)21-24(15)8-9-25/h2-5,11-12,25H,6-10H2,1H3,(H,27,28). The highest BCUT2D eigenvalue weighted by Gasteiger charge is 2.32. The zero-order valence-electron chi connectivity index (χ0n) is 15.4. The molecule has 1 aliphatic rings. The van der Waals surface area contributed by atoms with Crippen LogP contribution in [-0.4, -0.2) is 59.5 Å². The molecule has 0 radical (unpaired) electrons. The molecule has 0 saturated carbocycles. The van der Waals surface area contributed by atoms with Crippen molar-refractivity contribution in [1.82, 2.24) is 24.2 Å². The normalized spacial score (nSPS) is 14.9. The van der Waals surface area contributed by atoms with E-state index in [1.807, 2.05) is 35.8 Å². The number of rotatable bonds is 5. The second kappa shape index (κ2) is 7.08. The van der Waals surface area contributed by atoms with E-state index in [9.17, 15) is 19.8 Å². The van der Waals surface area contributed by atoms with Gasteiger partial charge in [0.25, 0.3) is 0 Å². The van der Waals surface area contributed by atoms with Crippen molar-refractivity contribution >= 4 is 22.9 Å². The van der Waals surface area contributed by atoms with Gasteiger partial charge in [-0.05, 0) is 19.1 Å². The lowest BCUT2D eigenvalue weighted by molar-refractivity contribution is -0.135. The number of aromatic carboxylic acids is 1. The number of hydrogen-bond acceptors (Lipinski definition) is 5. The van der Waals surface area contributed by atoms with Crippen LogP contribution in [0.3, 0.4) is 0 Å². The number of aliphatic hydroxyl groups excluding tert-OH is 1. The molecule has 0 bridgehead atoms. The Kier molecular flexibility index (Phi) is 4.60. The van der Waals surface area contributed by atoms with Crippen LogP contribution in [0.1, 0.15) is 34.7 Å². The molecule has 1 atom stereocenters. The highest BCUT2D eigenvalue weighted by molar-refractivity contribution is 5.88. The molecular formula is C19H21N5O4. The summed E-state index contributed by atoms with van der Waals surface area (Å²) in [5.41, 5.74) is 2.96. The number of aromatic nitrogens is 4. The van der Waals surface area contributed by atoms with Gasteiger partial charge in [0, 0.05) is 30.8 Å². The minimum Gasteiger partial charge on any atom is -0.476 e. The lowest BCUT2D eigenvalue weighted by atomic mass is 10.0. The summed E-state index contributed by atoms with van der Waals surface area (Å²) >= 11 is 0. The van der Waals surface area contributed by atoms with Gasteiger partial charge >= 0.3 is 5.97 Å². The summed E-state index contributed by atoms with van der Waals surface area (Å²) in [5, 5.41) is 22.8. The molecule has 3 heterocycles. The third-order valence-corrected chi connectivity index (χ3v) is 5.22. The molecule has 2 N–H and O–H groups in total. The molecule has 9 heteroatoms. The third kappa shape index (κ3) is 2.93. The Balaban J connectivity index is 1.62. The summed E-state index contributed by atoms with van der Waals surface area (Å²) < 4.78 is 3.37. The number of carbonyl (C=O) groups excluding carboxylic acids is 1. The summed E-state index contributed by atoms with van der Waals surface area (Å²) in [4.78, 5) is 30.7. The fourth-order valence-corrected chi connectivity index (χ4v) is 3.80. The van der Waals surface area contributed by atoms with Gasteiger partial charge in [-0.3, -0.25) is 9.48 Å². The summed E-state index contributed by atoms with van der Waals surface area (Å²) in [7, 11) is 0. The number of aliphatic hydroxyl groups is 1. The molecule has 1 amide bonds. The number of hydrogen-bond donors (Lipinski definition) is 2. The maximum absolute atomic E-state index is 13.1. The maximum Gasteiger partial charge on any atom is 0.356 e. The molecule has 146 valence electrons. The number of benzene rings is 1. The van der Waals surface area contributed by atoms with Gasteiger partial charge in [0.1, 0.15) is 6.04 Å². The maximum atomic E-state index is 13.1. The Morgan fingerprint density at radius 1 is 1.29 bits per heavy atom. The van der Waals surface area contributed by atoms with E-state index in [1.54, 1.807) is 11.2 Å². The Bertz CT molecular complexity index is 1050. The first-order chi connectivity index (χ1) is 13.5. The van der Waals surface area contributed by atoms with Crippen LogP contribution in [0.15, 0.2) is 30.6 Å². The van der Waals surface area contributed by atoms with E-state index >= 15 is 0 Å². The molecule has 0 fully saturated rings. The molecule has 2 aromatic heterocycles. The Morgan fingerprint density at radius 2 is 2.07 bits per heavy atom. The predicted octanol–water partition coefficient (Wildman–Crippen LogP) is 1.07. The number of nitrogens with zero attached hydrogens (tertiary/aromatic N) is 5. The van der Waals surface area contributed by atoms with E-state index in [-0.39, 0.29) is 31.3 Å². The molecule has 4 rings (SSSR count). The van der Waals surface area contributed by atoms with Crippen LogP contribution in [0.2, 0.25) is 0 Å². The van der Waals surface area contributed by atoms with Gasteiger partial charge in [-0.25, -0.2) is 9.78 Å². The van der Waals surface area contributed by atoms with Gasteiger partial charge in [-0.2, -0.15) is 5.10 Å². The van der Waals surface area contributed by atoms with Gasteiger partial charge < -0.3 is 19.7 Å². The number of carboxylic acids is 1. The van der Waals surface area contributed by atoms with E-state index in [0.29, 0.717) is 18.5 Å². The lowest BCUT2D eigenvalue weighted by Gasteiger charge is -2.30. The first-order valence-electron chi connectivity index (χ1n) is 9.14. The fraction of sp³-hybridized carbons (Fsp3) is 0.368. The second-order valence-corrected chi connectivity index (χ2v) is 6.85. The molecule has 3 aromatic rings. The second-order valence-electron chi connectivity index (χ2n) is 6.85. The monoisotopic (exact) mass is 383 g/mol. The van der Waals surface area contributed by atoms with Crippen LogP contribution in [0, 0.1) is 0 Å². The number of para-hydroxylation sites is 2. The van der Waals surface area contributed by atoms with Crippen molar-refractivity contribution in [2.24, 2.45) is 0 Å². The van der Waals surface area contributed by atoms with E-state index < -0.39 is 12.0 Å². The lowest BCUT2D eigenvalue weighted by Crippen LogP contribution is -2.40. The first-order valence-corrected chi connectivity index (χ1v) is 9.14. The highest BCUT2D eigenvalue weighted by atomic mass is 16.4. The molecule has 28 heavy (non-hydrogen) atoms. The van der Waals surface area contributed by atoms with E-state index in [0.717, 1.165) is 16.7 Å². The van der Waals surface area contributed by atoms with Gasteiger partial charge in [0.15, 0.2) is 5.69 Å². The summed E-state index contributed by atoms with van der Waals surface area (Å²) in [6.45, 7) is 2.60. The summed E-state index contributed by atoms with van der Waals surface area (Å²) in [5.74, 6) is -1.23. The highest BCUT2D eigenvalue weighted by Crippen LogP contribution is 2.26. The SMILES string of the molecule is CC(C(=O)N1CCc2c(c(C(=O)O)nn2CCO)C1)n1cnc2ccccc21. The zero-order chi connectivity index (χ0) is 19.8. The number of carboxylic acid groups (broad SMARTS) is 1. The van der Waals surface area contributed by atoms with Crippen LogP contribution >= 0.6 is 0 Å². The van der Waals surface area contributed by atoms with Crippen LogP contribution in [0.5, 0.6) is 0 Å². The van der Waals surface area contributed by atoms with Gasteiger partial charge in [0.2, 0.25) is 5.91 Å². The van der Waals surface area contributed by atoms with Gasteiger partial charge in [0.05, 0.1) is 30.5 Å². The number of fused-ring (bicyclic) bond motifs is 2. The van der Waals surface area contributed by atoms with E-state index in [2.05, 4.69) is 10.1 Å². The summed E-state index contributed by atoms with van der Waals surface area (Å²) in [6, 6.07) is 7.15. The molecule has 9 nitrogen and oxygen atoms in total. The molecule has 0 aliphatic carbocycles. The smallest absolute Gasteiger partial charge is 0.356 e. The Morgan fingerprint density at radius 3 is 2.82 bits per heavy atom. The predicted molar refractivity (Wildman–Crippen MR) is 99.8 cm³/mol. The topological polar surface area (TPSA) is 113 Å². The Labute approximate surface area is 160 Å². The number of imidazole rings is 1.